The third-order valence-corrected chi connectivity index (χ3v) is 5.26. The fourth-order valence-corrected chi connectivity index (χ4v) is 3.76. The number of aromatic nitrogens is 2. The molecule has 0 aliphatic heterocycles. The lowest BCUT2D eigenvalue weighted by molar-refractivity contribution is -0.120. The number of nitrogens with zero attached hydrogens (tertiary/aromatic N) is 2. The van der Waals surface area contributed by atoms with Gasteiger partial charge in [-0.3, -0.25) is 9.78 Å². The van der Waals surface area contributed by atoms with Crippen molar-refractivity contribution < 1.29 is 4.79 Å². The monoisotopic (exact) mass is 376 g/mol. The number of hydrogen-bond acceptors (Lipinski definition) is 5. The molecule has 4 rings (SSSR count). The van der Waals surface area contributed by atoms with E-state index >= 15 is 0 Å². The van der Waals surface area contributed by atoms with Gasteiger partial charge in [0.05, 0.1) is 17.6 Å². The SMILES string of the molecule is O=C(Nc1ccc(-c2csc(Nc3cccnc3)n2)cc1)C1CC=CCC1. The summed E-state index contributed by atoms with van der Waals surface area (Å²) in [5.41, 5.74) is 3.65. The fraction of sp³-hybridized carbons (Fsp3) is 0.190. The van der Waals surface area contributed by atoms with Gasteiger partial charge in [-0.15, -0.1) is 11.3 Å². The summed E-state index contributed by atoms with van der Waals surface area (Å²) in [7, 11) is 0. The van der Waals surface area contributed by atoms with Crippen molar-refractivity contribution in [2.45, 2.75) is 19.3 Å². The molecule has 1 unspecified atom stereocenters. The van der Waals surface area contributed by atoms with Gasteiger partial charge in [-0.25, -0.2) is 4.98 Å². The molecule has 3 aromatic rings. The number of carbonyl (C=O) groups is 1. The van der Waals surface area contributed by atoms with Crippen LogP contribution in [0.2, 0.25) is 0 Å². The molecule has 0 spiro atoms. The Balaban J connectivity index is 1.40. The second kappa shape index (κ2) is 8.14. The number of rotatable bonds is 5. The second-order valence-corrected chi connectivity index (χ2v) is 7.31. The molecule has 1 aliphatic carbocycles. The number of allylic oxidation sites excluding steroid dienone is 2. The van der Waals surface area contributed by atoms with Crippen LogP contribution in [0.25, 0.3) is 11.3 Å². The van der Waals surface area contributed by atoms with Crippen molar-refractivity contribution in [3.8, 4) is 11.3 Å². The number of benzene rings is 1. The minimum atomic E-state index is 0.0781. The van der Waals surface area contributed by atoms with Gasteiger partial charge in [-0.2, -0.15) is 0 Å². The van der Waals surface area contributed by atoms with E-state index in [-0.39, 0.29) is 11.8 Å². The fourth-order valence-electron chi connectivity index (χ4n) is 3.02. The van der Waals surface area contributed by atoms with Crippen LogP contribution >= 0.6 is 11.3 Å². The van der Waals surface area contributed by atoms with E-state index in [2.05, 4.69) is 32.8 Å². The normalized spacial score (nSPS) is 16.1. The molecular formula is C21H20N4OS. The summed E-state index contributed by atoms with van der Waals surface area (Å²) in [4.78, 5) is 21.0. The quantitative estimate of drug-likeness (QED) is 0.597. The van der Waals surface area contributed by atoms with E-state index in [0.717, 1.165) is 47.0 Å². The third-order valence-electron chi connectivity index (χ3n) is 4.51. The van der Waals surface area contributed by atoms with Gasteiger partial charge in [0.25, 0.3) is 0 Å². The van der Waals surface area contributed by atoms with Gasteiger partial charge in [0.1, 0.15) is 0 Å². The Morgan fingerprint density at radius 3 is 2.74 bits per heavy atom. The molecule has 1 aliphatic rings. The van der Waals surface area contributed by atoms with E-state index in [4.69, 9.17) is 0 Å². The van der Waals surface area contributed by atoms with Crippen molar-refractivity contribution in [3.05, 3.63) is 66.3 Å². The Morgan fingerprint density at radius 2 is 2.00 bits per heavy atom. The first-order valence-corrected chi connectivity index (χ1v) is 9.85. The standard InChI is InChI=1S/C21H20N4OS/c26-20(16-5-2-1-3-6-16)23-17-10-8-15(9-11-17)19-14-27-21(25-19)24-18-7-4-12-22-13-18/h1-2,4,7-14,16H,3,5-6H2,(H,23,26)(H,24,25). The summed E-state index contributed by atoms with van der Waals surface area (Å²) >= 11 is 1.55. The van der Waals surface area contributed by atoms with Crippen LogP contribution in [0.4, 0.5) is 16.5 Å². The lowest BCUT2D eigenvalue weighted by atomic mass is 9.93. The van der Waals surface area contributed by atoms with Gasteiger partial charge in [-0.05, 0) is 43.5 Å². The number of nitrogens with one attached hydrogen (secondary N) is 2. The second-order valence-electron chi connectivity index (χ2n) is 6.45. The molecule has 6 heteroatoms. The van der Waals surface area contributed by atoms with Gasteiger partial charge < -0.3 is 10.6 Å². The first-order chi connectivity index (χ1) is 13.3. The highest BCUT2D eigenvalue weighted by Crippen LogP contribution is 2.28. The molecule has 1 aromatic carbocycles. The summed E-state index contributed by atoms with van der Waals surface area (Å²) in [6.45, 7) is 0. The molecule has 1 atom stereocenters. The van der Waals surface area contributed by atoms with Crippen molar-refractivity contribution in [3.63, 3.8) is 0 Å². The van der Waals surface area contributed by atoms with Crippen molar-refractivity contribution in [1.82, 2.24) is 9.97 Å². The Labute approximate surface area is 162 Å². The molecule has 0 bridgehead atoms. The lowest BCUT2D eigenvalue weighted by Gasteiger charge is -2.17. The maximum atomic E-state index is 12.3. The molecule has 1 amide bonds. The van der Waals surface area contributed by atoms with Crippen LogP contribution in [0.1, 0.15) is 19.3 Å². The number of hydrogen-bond donors (Lipinski definition) is 2. The molecule has 0 saturated carbocycles. The van der Waals surface area contributed by atoms with Crippen LogP contribution < -0.4 is 10.6 Å². The van der Waals surface area contributed by atoms with Crippen LogP contribution in [-0.4, -0.2) is 15.9 Å². The highest BCUT2D eigenvalue weighted by atomic mass is 32.1. The maximum Gasteiger partial charge on any atom is 0.227 e. The van der Waals surface area contributed by atoms with E-state index in [1.807, 2.05) is 41.8 Å². The third kappa shape index (κ3) is 4.41. The Kier molecular flexibility index (Phi) is 5.25. The molecule has 2 heterocycles. The number of amides is 1. The van der Waals surface area contributed by atoms with Crippen LogP contribution in [0.3, 0.4) is 0 Å². The van der Waals surface area contributed by atoms with Crippen molar-refractivity contribution >= 4 is 33.8 Å². The molecule has 0 radical (unpaired) electrons. The molecule has 2 N–H and O–H groups in total. The molecule has 136 valence electrons. The molecule has 0 fully saturated rings. The first kappa shape index (κ1) is 17.4. The molecule has 27 heavy (non-hydrogen) atoms. The maximum absolute atomic E-state index is 12.3. The summed E-state index contributed by atoms with van der Waals surface area (Å²) in [5, 5.41) is 9.10. The minimum Gasteiger partial charge on any atom is -0.330 e. The first-order valence-electron chi connectivity index (χ1n) is 8.97. The van der Waals surface area contributed by atoms with Gasteiger partial charge >= 0.3 is 0 Å². The number of carbonyl (C=O) groups excluding carboxylic acids is 1. The largest absolute Gasteiger partial charge is 0.330 e. The predicted octanol–water partition coefficient (Wildman–Crippen LogP) is 5.24. The van der Waals surface area contributed by atoms with Crippen LogP contribution in [0, 0.1) is 5.92 Å². The van der Waals surface area contributed by atoms with Gasteiger partial charge in [-0.1, -0.05) is 24.3 Å². The highest BCUT2D eigenvalue weighted by Gasteiger charge is 2.18. The van der Waals surface area contributed by atoms with Gasteiger partial charge in [0, 0.05) is 28.7 Å². The van der Waals surface area contributed by atoms with E-state index in [0.29, 0.717) is 0 Å². The van der Waals surface area contributed by atoms with E-state index < -0.39 is 0 Å². The summed E-state index contributed by atoms with van der Waals surface area (Å²) in [5.74, 6) is 0.179. The lowest BCUT2D eigenvalue weighted by Crippen LogP contribution is -2.23. The van der Waals surface area contributed by atoms with E-state index in [9.17, 15) is 4.79 Å². The molecule has 5 nitrogen and oxygen atoms in total. The molecule has 2 aromatic heterocycles. The van der Waals surface area contributed by atoms with Crippen LogP contribution in [0.15, 0.2) is 66.3 Å². The summed E-state index contributed by atoms with van der Waals surface area (Å²) in [6, 6.07) is 11.7. The predicted molar refractivity (Wildman–Crippen MR) is 110 cm³/mol. The number of thiazole rings is 1. The Bertz CT molecular complexity index is 934. The average Bonchev–Trinajstić information content (AvgIpc) is 3.18. The summed E-state index contributed by atoms with van der Waals surface area (Å²) in [6.07, 6.45) is 10.5. The summed E-state index contributed by atoms with van der Waals surface area (Å²) < 4.78 is 0. The zero-order valence-electron chi connectivity index (χ0n) is 14.8. The van der Waals surface area contributed by atoms with Crippen molar-refractivity contribution in [2.24, 2.45) is 5.92 Å². The Hall–Kier alpha value is -2.99. The van der Waals surface area contributed by atoms with Gasteiger partial charge in [0.2, 0.25) is 5.91 Å². The van der Waals surface area contributed by atoms with E-state index in [1.54, 1.807) is 23.7 Å². The zero-order chi connectivity index (χ0) is 18.5. The van der Waals surface area contributed by atoms with Crippen molar-refractivity contribution in [1.29, 1.82) is 0 Å². The van der Waals surface area contributed by atoms with Crippen LogP contribution in [0.5, 0.6) is 0 Å². The van der Waals surface area contributed by atoms with Gasteiger partial charge in [0.15, 0.2) is 5.13 Å². The average molecular weight is 376 g/mol. The molecular weight excluding hydrogens is 356 g/mol. The van der Waals surface area contributed by atoms with Crippen molar-refractivity contribution in [2.75, 3.05) is 10.6 Å². The topological polar surface area (TPSA) is 66.9 Å². The number of pyridine rings is 1. The van der Waals surface area contributed by atoms with Crippen LogP contribution in [-0.2, 0) is 4.79 Å². The van der Waals surface area contributed by atoms with E-state index in [1.165, 1.54) is 0 Å². The highest BCUT2D eigenvalue weighted by molar-refractivity contribution is 7.14. The molecule has 0 saturated heterocycles. The number of anilines is 3. The minimum absolute atomic E-state index is 0.0781. The Morgan fingerprint density at radius 1 is 1.11 bits per heavy atom. The smallest absolute Gasteiger partial charge is 0.227 e. The zero-order valence-corrected chi connectivity index (χ0v) is 15.6.